The number of amides is 1. The van der Waals surface area contributed by atoms with Crippen molar-refractivity contribution < 1.29 is 9.18 Å². The summed E-state index contributed by atoms with van der Waals surface area (Å²) in [5.41, 5.74) is 6.09. The molecule has 1 aromatic heterocycles. The van der Waals surface area contributed by atoms with Gasteiger partial charge in [-0.1, -0.05) is 11.6 Å². The number of H-pyrrole nitrogens is 1. The molecular formula is C24H26FN3O. The first-order valence-corrected chi connectivity index (χ1v) is 10.5. The number of piperazine rings is 1. The van der Waals surface area contributed by atoms with Gasteiger partial charge in [0.2, 0.25) is 5.91 Å². The molecule has 0 radical (unpaired) electrons. The molecule has 1 N–H and O–H groups in total. The molecule has 2 aliphatic rings. The van der Waals surface area contributed by atoms with Gasteiger partial charge in [0, 0.05) is 54.4 Å². The topological polar surface area (TPSA) is 39.3 Å². The van der Waals surface area contributed by atoms with Crippen LogP contribution in [-0.2, 0) is 17.6 Å². The van der Waals surface area contributed by atoms with Crippen molar-refractivity contribution in [3.8, 4) is 0 Å². The third-order valence-corrected chi connectivity index (χ3v) is 6.48. The minimum Gasteiger partial charge on any atom is -0.368 e. The number of carbonyl (C=O) groups is 1. The highest BCUT2D eigenvalue weighted by molar-refractivity contribution is 5.87. The number of hydrogen-bond acceptors (Lipinski definition) is 2. The molecule has 1 fully saturated rings. The predicted molar refractivity (Wildman–Crippen MR) is 114 cm³/mol. The van der Waals surface area contributed by atoms with E-state index in [2.05, 4.69) is 35.0 Å². The molecule has 3 aromatic rings. The van der Waals surface area contributed by atoms with E-state index >= 15 is 0 Å². The second-order valence-corrected chi connectivity index (χ2v) is 8.36. The lowest BCUT2D eigenvalue weighted by molar-refractivity contribution is -0.136. The summed E-state index contributed by atoms with van der Waals surface area (Å²) in [5, 5.41) is 1.28. The second kappa shape index (κ2) is 7.21. The number of aromatic amines is 1. The van der Waals surface area contributed by atoms with Gasteiger partial charge in [-0.2, -0.15) is 0 Å². The summed E-state index contributed by atoms with van der Waals surface area (Å²) in [5.74, 6) is 0.141. The average molecular weight is 391 g/mol. The van der Waals surface area contributed by atoms with E-state index < -0.39 is 0 Å². The molecule has 5 heteroatoms. The monoisotopic (exact) mass is 391 g/mol. The molecule has 5 rings (SSSR count). The fraction of sp³-hybridized carbons (Fsp3) is 0.375. The molecule has 1 atom stereocenters. The molecular weight excluding hydrogens is 365 g/mol. The summed E-state index contributed by atoms with van der Waals surface area (Å²) >= 11 is 0. The molecule has 29 heavy (non-hydrogen) atoms. The van der Waals surface area contributed by atoms with Gasteiger partial charge in [0.05, 0.1) is 0 Å². The molecule has 2 aromatic carbocycles. The van der Waals surface area contributed by atoms with Crippen LogP contribution in [0.2, 0.25) is 0 Å². The number of aryl methyl sites for hydroxylation is 2. The van der Waals surface area contributed by atoms with E-state index in [1.165, 1.54) is 39.9 Å². The minimum atomic E-state index is -0.216. The molecule has 2 heterocycles. The number of halogens is 1. The van der Waals surface area contributed by atoms with Gasteiger partial charge in [0.1, 0.15) is 5.82 Å². The number of anilines is 1. The third-order valence-electron chi connectivity index (χ3n) is 6.48. The largest absolute Gasteiger partial charge is 0.368 e. The fourth-order valence-electron chi connectivity index (χ4n) is 4.84. The van der Waals surface area contributed by atoms with Crippen LogP contribution >= 0.6 is 0 Å². The predicted octanol–water partition coefficient (Wildman–Crippen LogP) is 4.07. The standard InChI is InChI=1S/C24H26FN3O/c1-16-2-8-22-20(14-16)21-15-17(3-9-23(21)26-22)24(29)28-12-10-27(11-13-28)19-6-4-18(25)5-7-19/h2,4-8,14,17,26H,3,9-13,15H2,1H3. The molecule has 1 aliphatic heterocycles. The lowest BCUT2D eigenvalue weighted by atomic mass is 9.85. The Balaban J connectivity index is 1.27. The third kappa shape index (κ3) is 3.39. The van der Waals surface area contributed by atoms with Gasteiger partial charge in [-0.3, -0.25) is 4.79 Å². The first-order valence-electron chi connectivity index (χ1n) is 10.5. The molecule has 1 aliphatic carbocycles. The molecule has 0 saturated carbocycles. The number of nitrogens with zero attached hydrogens (tertiary/aromatic N) is 2. The van der Waals surface area contributed by atoms with Crippen LogP contribution in [0, 0.1) is 18.7 Å². The van der Waals surface area contributed by atoms with E-state index in [0.717, 1.165) is 51.1 Å². The van der Waals surface area contributed by atoms with Crippen LogP contribution in [0.3, 0.4) is 0 Å². The van der Waals surface area contributed by atoms with Crippen molar-refractivity contribution in [1.82, 2.24) is 9.88 Å². The van der Waals surface area contributed by atoms with Crippen LogP contribution in [-0.4, -0.2) is 42.0 Å². The van der Waals surface area contributed by atoms with E-state index in [-0.39, 0.29) is 17.6 Å². The van der Waals surface area contributed by atoms with Crippen LogP contribution < -0.4 is 4.90 Å². The van der Waals surface area contributed by atoms with E-state index in [9.17, 15) is 9.18 Å². The molecule has 0 bridgehead atoms. The van der Waals surface area contributed by atoms with E-state index in [4.69, 9.17) is 0 Å². The summed E-state index contributed by atoms with van der Waals surface area (Å²) in [6, 6.07) is 13.1. The highest BCUT2D eigenvalue weighted by atomic mass is 19.1. The van der Waals surface area contributed by atoms with Crippen molar-refractivity contribution in [2.24, 2.45) is 5.92 Å². The van der Waals surface area contributed by atoms with Gasteiger partial charge in [-0.05, 0) is 68.1 Å². The Bertz CT molecular complexity index is 1050. The number of benzene rings is 2. The number of rotatable bonds is 2. The maximum atomic E-state index is 13.2. The number of carbonyl (C=O) groups excluding carboxylic acids is 1. The van der Waals surface area contributed by atoms with Crippen molar-refractivity contribution in [3.05, 3.63) is 65.1 Å². The van der Waals surface area contributed by atoms with Crippen LogP contribution in [0.5, 0.6) is 0 Å². The number of aromatic nitrogens is 1. The molecule has 150 valence electrons. The van der Waals surface area contributed by atoms with Crippen LogP contribution in [0.15, 0.2) is 42.5 Å². The van der Waals surface area contributed by atoms with Crippen molar-refractivity contribution >= 4 is 22.5 Å². The second-order valence-electron chi connectivity index (χ2n) is 8.36. The molecule has 0 spiro atoms. The zero-order valence-electron chi connectivity index (χ0n) is 16.7. The van der Waals surface area contributed by atoms with E-state index in [0.29, 0.717) is 0 Å². The highest BCUT2D eigenvalue weighted by Crippen LogP contribution is 2.33. The molecule has 1 saturated heterocycles. The average Bonchev–Trinajstić information content (AvgIpc) is 3.11. The summed E-state index contributed by atoms with van der Waals surface area (Å²) in [7, 11) is 0. The maximum absolute atomic E-state index is 13.2. The van der Waals surface area contributed by atoms with E-state index in [1.807, 2.05) is 17.0 Å². The number of fused-ring (bicyclic) bond motifs is 3. The van der Waals surface area contributed by atoms with E-state index in [1.54, 1.807) is 0 Å². The zero-order chi connectivity index (χ0) is 20.0. The van der Waals surface area contributed by atoms with Crippen molar-refractivity contribution in [1.29, 1.82) is 0 Å². The Labute approximate surface area is 170 Å². The lowest BCUT2D eigenvalue weighted by Crippen LogP contribution is -2.51. The first kappa shape index (κ1) is 18.2. The van der Waals surface area contributed by atoms with Gasteiger partial charge >= 0.3 is 0 Å². The van der Waals surface area contributed by atoms with Gasteiger partial charge < -0.3 is 14.8 Å². The Kier molecular flexibility index (Phi) is 4.53. The summed E-state index contributed by atoms with van der Waals surface area (Å²) in [6.45, 7) is 5.16. The zero-order valence-corrected chi connectivity index (χ0v) is 16.7. The minimum absolute atomic E-state index is 0.0689. The first-order chi connectivity index (χ1) is 14.1. The Morgan fingerprint density at radius 1 is 1.07 bits per heavy atom. The quantitative estimate of drug-likeness (QED) is 0.715. The smallest absolute Gasteiger partial charge is 0.226 e. The summed E-state index contributed by atoms with van der Waals surface area (Å²) < 4.78 is 13.2. The van der Waals surface area contributed by atoms with Crippen LogP contribution in [0.1, 0.15) is 23.2 Å². The molecule has 4 nitrogen and oxygen atoms in total. The summed E-state index contributed by atoms with van der Waals surface area (Å²) in [6.07, 6.45) is 2.68. The van der Waals surface area contributed by atoms with Crippen LogP contribution in [0.25, 0.3) is 10.9 Å². The fourth-order valence-corrected chi connectivity index (χ4v) is 4.84. The Morgan fingerprint density at radius 3 is 2.59 bits per heavy atom. The van der Waals surface area contributed by atoms with Crippen LogP contribution in [0.4, 0.5) is 10.1 Å². The highest BCUT2D eigenvalue weighted by Gasteiger charge is 2.31. The normalized spacial score (nSPS) is 19.4. The van der Waals surface area contributed by atoms with Gasteiger partial charge in [-0.15, -0.1) is 0 Å². The maximum Gasteiger partial charge on any atom is 0.226 e. The molecule has 1 amide bonds. The Hall–Kier alpha value is -2.82. The van der Waals surface area contributed by atoms with Gasteiger partial charge in [-0.25, -0.2) is 4.39 Å². The van der Waals surface area contributed by atoms with Gasteiger partial charge in [0.15, 0.2) is 0 Å². The number of nitrogens with one attached hydrogen (secondary N) is 1. The lowest BCUT2D eigenvalue weighted by Gasteiger charge is -2.38. The SMILES string of the molecule is Cc1ccc2[nH]c3c(c2c1)CC(C(=O)N1CCN(c2ccc(F)cc2)CC1)CC3. The van der Waals surface area contributed by atoms with Crippen molar-refractivity contribution in [3.63, 3.8) is 0 Å². The van der Waals surface area contributed by atoms with Gasteiger partial charge in [0.25, 0.3) is 0 Å². The van der Waals surface area contributed by atoms with Crippen molar-refractivity contribution in [2.75, 3.05) is 31.1 Å². The summed E-state index contributed by atoms with van der Waals surface area (Å²) in [4.78, 5) is 21.0. The number of hydrogen-bond donors (Lipinski definition) is 1. The van der Waals surface area contributed by atoms with Crippen molar-refractivity contribution in [2.45, 2.75) is 26.2 Å². The molecule has 1 unspecified atom stereocenters. The Morgan fingerprint density at radius 2 is 1.83 bits per heavy atom.